The van der Waals surface area contributed by atoms with Gasteiger partial charge in [0.25, 0.3) is 0 Å². The lowest BCUT2D eigenvalue weighted by Gasteiger charge is -2.08. The van der Waals surface area contributed by atoms with E-state index in [1.54, 1.807) is 4.68 Å². The third-order valence-electron chi connectivity index (χ3n) is 2.06. The van der Waals surface area contributed by atoms with Gasteiger partial charge in [0.15, 0.2) is 0 Å². The monoisotopic (exact) mass is 224 g/mol. The number of nitrogens with zero attached hydrogens (tertiary/aromatic N) is 2. The van der Waals surface area contributed by atoms with E-state index in [0.717, 1.165) is 18.7 Å². The predicted molar refractivity (Wildman–Crippen MR) is 63.1 cm³/mol. The fourth-order valence-corrected chi connectivity index (χ4v) is 1.39. The maximum absolute atomic E-state index is 11.3. The van der Waals surface area contributed by atoms with Gasteiger partial charge in [-0.05, 0) is 19.9 Å². The first kappa shape index (κ1) is 12.7. The normalized spacial score (nSPS) is 10.8. The Labute approximate surface area is 96.2 Å². The lowest BCUT2D eigenvalue weighted by Crippen LogP contribution is -2.38. The van der Waals surface area contributed by atoms with Crippen molar-refractivity contribution in [2.75, 3.05) is 13.1 Å². The molecule has 0 unspecified atom stereocenters. The van der Waals surface area contributed by atoms with Crippen LogP contribution in [0.1, 0.15) is 19.5 Å². The number of rotatable bonds is 6. The topological polar surface area (TPSA) is 59.0 Å². The highest BCUT2D eigenvalue weighted by molar-refractivity contribution is 5.78. The second-order valence-corrected chi connectivity index (χ2v) is 4.13. The zero-order valence-corrected chi connectivity index (χ0v) is 10.2. The van der Waals surface area contributed by atoms with Gasteiger partial charge in [0, 0.05) is 32.3 Å². The van der Waals surface area contributed by atoms with E-state index < -0.39 is 0 Å². The molecule has 0 aliphatic carbocycles. The molecule has 0 saturated carbocycles. The highest BCUT2D eigenvalue weighted by Gasteiger charge is 2.02. The van der Waals surface area contributed by atoms with Crippen LogP contribution in [0.4, 0.5) is 0 Å². The molecule has 1 aromatic heterocycles. The van der Waals surface area contributed by atoms with Crippen molar-refractivity contribution in [1.82, 2.24) is 20.4 Å². The van der Waals surface area contributed by atoms with Crippen molar-refractivity contribution < 1.29 is 4.79 Å². The first-order valence-electron chi connectivity index (χ1n) is 5.56. The van der Waals surface area contributed by atoms with Crippen molar-refractivity contribution in [3.63, 3.8) is 0 Å². The molecule has 0 aliphatic rings. The van der Waals surface area contributed by atoms with Crippen molar-refractivity contribution in [2.45, 2.75) is 26.3 Å². The van der Waals surface area contributed by atoms with Crippen LogP contribution in [0.3, 0.4) is 0 Å². The summed E-state index contributed by atoms with van der Waals surface area (Å²) in [7, 11) is 1.90. The quantitative estimate of drug-likeness (QED) is 0.673. The molecule has 5 heteroatoms. The molecule has 16 heavy (non-hydrogen) atoms. The van der Waals surface area contributed by atoms with Gasteiger partial charge in [-0.3, -0.25) is 9.48 Å². The molecule has 1 aromatic rings. The minimum atomic E-state index is 0.0380. The van der Waals surface area contributed by atoms with Crippen LogP contribution >= 0.6 is 0 Å². The molecule has 1 rings (SSSR count). The SMILES string of the molecule is CC(C)NC(=O)CNCCc1ccn(C)n1. The molecule has 5 nitrogen and oxygen atoms in total. The van der Waals surface area contributed by atoms with Crippen LogP contribution in [0.2, 0.25) is 0 Å². The molecule has 1 heterocycles. The van der Waals surface area contributed by atoms with Crippen molar-refractivity contribution in [3.8, 4) is 0 Å². The molecular formula is C11H20N4O. The largest absolute Gasteiger partial charge is 0.353 e. The molecule has 0 aliphatic heterocycles. The van der Waals surface area contributed by atoms with Crippen LogP contribution in [-0.4, -0.2) is 34.8 Å². The number of hydrogen-bond donors (Lipinski definition) is 2. The summed E-state index contributed by atoms with van der Waals surface area (Å²) in [6, 6.07) is 2.18. The van der Waals surface area contributed by atoms with E-state index in [0.29, 0.717) is 6.54 Å². The fourth-order valence-electron chi connectivity index (χ4n) is 1.39. The Morgan fingerprint density at radius 2 is 2.31 bits per heavy atom. The fraction of sp³-hybridized carbons (Fsp3) is 0.636. The number of aryl methyl sites for hydroxylation is 1. The number of aromatic nitrogens is 2. The minimum Gasteiger partial charge on any atom is -0.353 e. The lowest BCUT2D eigenvalue weighted by atomic mass is 10.3. The van der Waals surface area contributed by atoms with E-state index in [2.05, 4.69) is 15.7 Å². The lowest BCUT2D eigenvalue weighted by molar-refractivity contribution is -0.120. The van der Waals surface area contributed by atoms with E-state index in [9.17, 15) is 4.79 Å². The molecule has 0 fully saturated rings. The van der Waals surface area contributed by atoms with Gasteiger partial charge in [0.1, 0.15) is 0 Å². The summed E-state index contributed by atoms with van der Waals surface area (Å²) in [5.41, 5.74) is 1.04. The second kappa shape index (κ2) is 6.27. The van der Waals surface area contributed by atoms with Crippen molar-refractivity contribution in [1.29, 1.82) is 0 Å². The number of carbonyl (C=O) groups excluding carboxylic acids is 1. The number of hydrogen-bond acceptors (Lipinski definition) is 3. The summed E-state index contributed by atoms with van der Waals surface area (Å²) < 4.78 is 1.78. The first-order chi connectivity index (χ1) is 7.58. The van der Waals surface area contributed by atoms with E-state index in [1.165, 1.54) is 0 Å². The zero-order chi connectivity index (χ0) is 12.0. The molecule has 0 bridgehead atoms. The molecular weight excluding hydrogens is 204 g/mol. The number of carbonyl (C=O) groups is 1. The molecule has 0 radical (unpaired) electrons. The van der Waals surface area contributed by atoms with Crippen molar-refractivity contribution >= 4 is 5.91 Å². The molecule has 0 spiro atoms. The van der Waals surface area contributed by atoms with E-state index in [1.807, 2.05) is 33.2 Å². The summed E-state index contributed by atoms with van der Waals surface area (Å²) in [6.45, 7) is 5.03. The van der Waals surface area contributed by atoms with Gasteiger partial charge in [-0.2, -0.15) is 5.10 Å². The molecule has 0 aromatic carbocycles. The summed E-state index contributed by atoms with van der Waals surface area (Å²) >= 11 is 0. The van der Waals surface area contributed by atoms with Gasteiger partial charge in [0.05, 0.1) is 12.2 Å². The maximum atomic E-state index is 11.3. The van der Waals surface area contributed by atoms with E-state index in [4.69, 9.17) is 0 Å². The van der Waals surface area contributed by atoms with E-state index in [-0.39, 0.29) is 11.9 Å². The Balaban J connectivity index is 2.10. The molecule has 1 amide bonds. The molecule has 90 valence electrons. The number of nitrogens with one attached hydrogen (secondary N) is 2. The van der Waals surface area contributed by atoms with Gasteiger partial charge in [-0.15, -0.1) is 0 Å². The van der Waals surface area contributed by atoms with Crippen molar-refractivity contribution in [3.05, 3.63) is 18.0 Å². The van der Waals surface area contributed by atoms with Crippen LogP contribution in [0, 0.1) is 0 Å². The number of amides is 1. The summed E-state index contributed by atoms with van der Waals surface area (Å²) in [4.78, 5) is 11.3. The Morgan fingerprint density at radius 1 is 1.56 bits per heavy atom. The standard InChI is InChI=1S/C11H20N4O/c1-9(2)13-11(16)8-12-6-4-10-5-7-15(3)14-10/h5,7,9,12H,4,6,8H2,1-3H3,(H,13,16). The minimum absolute atomic E-state index is 0.0380. The van der Waals surface area contributed by atoms with Gasteiger partial charge in [-0.25, -0.2) is 0 Å². The predicted octanol–water partition coefficient (Wildman–Crippen LogP) is 0.0768. The van der Waals surface area contributed by atoms with Gasteiger partial charge >= 0.3 is 0 Å². The Hall–Kier alpha value is -1.36. The highest BCUT2D eigenvalue weighted by Crippen LogP contribution is 1.93. The third-order valence-corrected chi connectivity index (χ3v) is 2.06. The van der Waals surface area contributed by atoms with Gasteiger partial charge in [0.2, 0.25) is 5.91 Å². The molecule has 0 atom stereocenters. The molecule has 0 saturated heterocycles. The van der Waals surface area contributed by atoms with E-state index >= 15 is 0 Å². The zero-order valence-electron chi connectivity index (χ0n) is 10.2. The summed E-state index contributed by atoms with van der Waals surface area (Å²) in [6.07, 6.45) is 2.76. The van der Waals surface area contributed by atoms with Crippen molar-refractivity contribution in [2.24, 2.45) is 7.05 Å². The van der Waals surface area contributed by atoms with Crippen LogP contribution in [-0.2, 0) is 18.3 Å². The average molecular weight is 224 g/mol. The molecule has 2 N–H and O–H groups in total. The van der Waals surface area contributed by atoms with Crippen LogP contribution < -0.4 is 10.6 Å². The maximum Gasteiger partial charge on any atom is 0.234 e. The smallest absolute Gasteiger partial charge is 0.234 e. The van der Waals surface area contributed by atoms with Crippen LogP contribution in [0.15, 0.2) is 12.3 Å². The third kappa shape index (κ3) is 4.93. The Morgan fingerprint density at radius 3 is 2.88 bits per heavy atom. The first-order valence-corrected chi connectivity index (χ1v) is 5.56. The van der Waals surface area contributed by atoms with Crippen LogP contribution in [0.25, 0.3) is 0 Å². The summed E-state index contributed by atoms with van der Waals surface area (Å²) in [5.74, 6) is 0.0380. The Kier molecular flexibility index (Phi) is 4.98. The highest BCUT2D eigenvalue weighted by atomic mass is 16.1. The summed E-state index contributed by atoms with van der Waals surface area (Å²) in [5, 5.41) is 10.2. The van der Waals surface area contributed by atoms with Gasteiger partial charge in [-0.1, -0.05) is 0 Å². The second-order valence-electron chi connectivity index (χ2n) is 4.13. The Bertz CT molecular complexity index is 332. The average Bonchev–Trinajstić information content (AvgIpc) is 2.58. The van der Waals surface area contributed by atoms with Crippen LogP contribution in [0.5, 0.6) is 0 Å². The van der Waals surface area contributed by atoms with Gasteiger partial charge < -0.3 is 10.6 Å².